The average Bonchev–Trinajstić information content (AvgIpc) is 3.31. The molecule has 2 aromatic carbocycles. The van der Waals surface area contributed by atoms with E-state index in [1.54, 1.807) is 32.1 Å². The molecular formula is C21H19N7O4. The van der Waals surface area contributed by atoms with E-state index >= 15 is 0 Å². The van der Waals surface area contributed by atoms with Gasteiger partial charge in [-0.1, -0.05) is 11.2 Å². The number of fused-ring (bicyclic) bond motifs is 2. The van der Waals surface area contributed by atoms with Crippen LogP contribution in [-0.4, -0.2) is 51.7 Å². The number of hydrogen-bond donors (Lipinski definition) is 2. The smallest absolute Gasteiger partial charge is 0.288 e. The third-order valence-corrected chi connectivity index (χ3v) is 5.36. The van der Waals surface area contributed by atoms with Crippen LogP contribution in [0.4, 0.5) is 11.6 Å². The lowest BCUT2D eigenvalue weighted by Gasteiger charge is -2.28. The third-order valence-electron chi connectivity index (χ3n) is 5.36. The highest BCUT2D eigenvalue weighted by molar-refractivity contribution is 5.75. The maximum atomic E-state index is 12.8. The molecule has 0 bridgehead atoms. The van der Waals surface area contributed by atoms with Gasteiger partial charge in [-0.05, 0) is 52.4 Å². The maximum absolute atomic E-state index is 12.8. The number of rotatable bonds is 5. The highest BCUT2D eigenvalue weighted by Crippen LogP contribution is 2.43. The summed E-state index contributed by atoms with van der Waals surface area (Å²) < 4.78 is 17.7. The van der Waals surface area contributed by atoms with E-state index in [1.807, 2.05) is 36.4 Å². The van der Waals surface area contributed by atoms with E-state index in [9.17, 15) is 4.79 Å². The van der Waals surface area contributed by atoms with Crippen LogP contribution in [0, 0.1) is 0 Å². The van der Waals surface area contributed by atoms with Crippen LogP contribution >= 0.6 is 0 Å². The molecule has 1 unspecified atom stereocenters. The SMILES string of the molecule is COc1ccc(-c2n[nH]c(=O)c3c2C(c2ccc(OC)c(OC)c2)n2nnnc2N3)cc1. The summed E-state index contributed by atoms with van der Waals surface area (Å²) in [6, 6.07) is 12.4. The standard InChI is InChI=1S/C21H19N7O4/c1-30-13-7-4-11(5-8-13)17-16-18(20(29)24-23-17)22-21-25-26-27-28(21)19(16)12-6-9-14(31-2)15(10-12)32-3/h4-10,19H,1-3H3,(H,24,29)(H,22,25,27). The molecule has 0 radical (unpaired) electrons. The number of nitrogens with one attached hydrogen (secondary N) is 2. The number of anilines is 2. The molecule has 2 N–H and O–H groups in total. The molecule has 5 rings (SSSR count). The number of hydrogen-bond acceptors (Lipinski definition) is 9. The van der Waals surface area contributed by atoms with Gasteiger partial charge in [0, 0.05) is 11.1 Å². The molecule has 3 heterocycles. The Bertz CT molecular complexity index is 1350. The molecule has 0 aliphatic carbocycles. The number of benzene rings is 2. The van der Waals surface area contributed by atoms with Gasteiger partial charge in [0.1, 0.15) is 17.5 Å². The first-order valence-electron chi connectivity index (χ1n) is 9.68. The number of tetrazole rings is 1. The lowest BCUT2D eigenvalue weighted by Crippen LogP contribution is -2.29. The highest BCUT2D eigenvalue weighted by atomic mass is 16.5. The largest absolute Gasteiger partial charge is 0.497 e. The molecule has 162 valence electrons. The molecule has 4 aromatic rings. The molecule has 2 aromatic heterocycles. The lowest BCUT2D eigenvalue weighted by atomic mass is 9.92. The van der Waals surface area contributed by atoms with Gasteiger partial charge >= 0.3 is 0 Å². The van der Waals surface area contributed by atoms with Gasteiger partial charge < -0.3 is 19.5 Å². The number of aromatic nitrogens is 6. The van der Waals surface area contributed by atoms with Crippen molar-refractivity contribution in [3.05, 3.63) is 63.9 Å². The van der Waals surface area contributed by atoms with Crippen LogP contribution in [0.15, 0.2) is 47.3 Å². The topological polar surface area (TPSA) is 129 Å². The Kier molecular flexibility index (Phi) is 4.70. The van der Waals surface area contributed by atoms with Crippen LogP contribution in [0.1, 0.15) is 17.2 Å². The number of nitrogens with zero attached hydrogens (tertiary/aromatic N) is 5. The molecule has 0 saturated heterocycles. The number of methoxy groups -OCH3 is 3. The second kappa shape index (κ2) is 7.69. The second-order valence-electron chi connectivity index (χ2n) is 7.01. The van der Waals surface area contributed by atoms with Gasteiger partial charge in [0.05, 0.1) is 27.0 Å². The Balaban J connectivity index is 1.77. The molecule has 0 amide bonds. The molecule has 1 atom stereocenters. The van der Waals surface area contributed by atoms with Crippen molar-refractivity contribution >= 4 is 11.6 Å². The monoisotopic (exact) mass is 433 g/mol. The van der Waals surface area contributed by atoms with Gasteiger partial charge in [0.25, 0.3) is 5.56 Å². The highest BCUT2D eigenvalue weighted by Gasteiger charge is 2.34. The fourth-order valence-corrected chi connectivity index (χ4v) is 3.84. The summed E-state index contributed by atoms with van der Waals surface area (Å²) in [4.78, 5) is 12.8. The van der Waals surface area contributed by atoms with E-state index in [4.69, 9.17) is 14.2 Å². The minimum Gasteiger partial charge on any atom is -0.497 e. The van der Waals surface area contributed by atoms with Crippen molar-refractivity contribution in [2.45, 2.75) is 6.04 Å². The first-order valence-corrected chi connectivity index (χ1v) is 9.68. The Morgan fingerprint density at radius 1 is 0.969 bits per heavy atom. The van der Waals surface area contributed by atoms with Gasteiger partial charge in [-0.2, -0.15) is 9.78 Å². The summed E-state index contributed by atoms with van der Waals surface area (Å²) >= 11 is 0. The van der Waals surface area contributed by atoms with Gasteiger partial charge in [-0.15, -0.1) is 0 Å². The molecule has 0 saturated carbocycles. The normalized spacial score (nSPS) is 14.2. The predicted molar refractivity (Wildman–Crippen MR) is 115 cm³/mol. The van der Waals surface area contributed by atoms with Gasteiger partial charge in [0.2, 0.25) is 5.95 Å². The van der Waals surface area contributed by atoms with Gasteiger partial charge in [0.15, 0.2) is 11.5 Å². The summed E-state index contributed by atoms with van der Waals surface area (Å²) in [6.45, 7) is 0. The van der Waals surface area contributed by atoms with Crippen molar-refractivity contribution in [2.24, 2.45) is 0 Å². The first-order chi connectivity index (χ1) is 15.6. The molecule has 32 heavy (non-hydrogen) atoms. The quantitative estimate of drug-likeness (QED) is 0.428. The zero-order valence-corrected chi connectivity index (χ0v) is 17.5. The third kappa shape index (κ3) is 3.02. The first kappa shape index (κ1) is 19.5. The van der Waals surface area contributed by atoms with E-state index in [1.165, 1.54) is 0 Å². The minimum atomic E-state index is -0.539. The molecule has 1 aliphatic rings. The van der Waals surface area contributed by atoms with Crippen LogP contribution in [0.25, 0.3) is 11.3 Å². The number of aromatic amines is 1. The van der Waals surface area contributed by atoms with E-state index in [-0.39, 0.29) is 5.56 Å². The second-order valence-corrected chi connectivity index (χ2v) is 7.01. The van der Waals surface area contributed by atoms with Gasteiger partial charge in [-0.3, -0.25) is 4.79 Å². The molecule has 0 fully saturated rings. The zero-order chi connectivity index (χ0) is 22.2. The summed E-state index contributed by atoms with van der Waals surface area (Å²) in [6.07, 6.45) is 0. The van der Waals surface area contributed by atoms with Crippen molar-refractivity contribution in [3.63, 3.8) is 0 Å². The molecule has 11 heteroatoms. The van der Waals surface area contributed by atoms with Crippen molar-refractivity contribution in [3.8, 4) is 28.5 Å². The fourth-order valence-electron chi connectivity index (χ4n) is 3.84. The van der Waals surface area contributed by atoms with E-state index in [0.29, 0.717) is 40.1 Å². The van der Waals surface area contributed by atoms with Crippen molar-refractivity contribution in [2.75, 3.05) is 26.6 Å². The summed E-state index contributed by atoms with van der Waals surface area (Å²) in [5.74, 6) is 2.18. The molecule has 1 aliphatic heterocycles. The molecule has 0 spiro atoms. The van der Waals surface area contributed by atoms with Crippen molar-refractivity contribution in [1.82, 2.24) is 30.4 Å². The summed E-state index contributed by atoms with van der Waals surface area (Å²) in [5.41, 5.74) is 2.75. The van der Waals surface area contributed by atoms with Crippen molar-refractivity contribution < 1.29 is 14.2 Å². The Hall–Kier alpha value is -4.41. The molecular weight excluding hydrogens is 414 g/mol. The fraction of sp³-hybridized carbons (Fsp3) is 0.190. The van der Waals surface area contributed by atoms with E-state index < -0.39 is 6.04 Å². The Morgan fingerprint density at radius 2 is 1.75 bits per heavy atom. The zero-order valence-electron chi connectivity index (χ0n) is 17.5. The van der Waals surface area contributed by atoms with Crippen LogP contribution < -0.4 is 25.1 Å². The lowest BCUT2D eigenvalue weighted by molar-refractivity contribution is 0.354. The molecule has 11 nitrogen and oxygen atoms in total. The number of ether oxygens (including phenoxy) is 3. The van der Waals surface area contributed by atoms with Crippen molar-refractivity contribution in [1.29, 1.82) is 0 Å². The number of H-pyrrole nitrogens is 1. The van der Waals surface area contributed by atoms with Crippen LogP contribution in [0.5, 0.6) is 17.2 Å². The van der Waals surface area contributed by atoms with E-state index in [2.05, 4.69) is 31.0 Å². The maximum Gasteiger partial charge on any atom is 0.288 e. The predicted octanol–water partition coefficient (Wildman–Crippen LogP) is 2.14. The average molecular weight is 433 g/mol. The Labute approximate surface area is 181 Å². The van der Waals surface area contributed by atoms with Gasteiger partial charge in [-0.25, -0.2) is 5.10 Å². The van der Waals surface area contributed by atoms with Crippen LogP contribution in [-0.2, 0) is 0 Å². The van der Waals surface area contributed by atoms with E-state index in [0.717, 1.165) is 11.1 Å². The van der Waals surface area contributed by atoms with Crippen LogP contribution in [0.2, 0.25) is 0 Å². The summed E-state index contributed by atoms with van der Waals surface area (Å²) in [7, 11) is 4.74. The Morgan fingerprint density at radius 3 is 2.47 bits per heavy atom. The minimum absolute atomic E-state index is 0.327. The summed E-state index contributed by atoms with van der Waals surface area (Å²) in [5, 5.41) is 21.9. The van der Waals surface area contributed by atoms with Crippen LogP contribution in [0.3, 0.4) is 0 Å².